The van der Waals surface area contributed by atoms with Gasteiger partial charge in [-0.1, -0.05) is 11.6 Å². The van der Waals surface area contributed by atoms with Crippen LogP contribution in [-0.2, 0) is 16.1 Å². The van der Waals surface area contributed by atoms with Crippen LogP contribution < -0.4 is 5.32 Å². The number of thiophene rings is 1. The highest BCUT2D eigenvalue weighted by Gasteiger charge is 2.17. The SMILES string of the molecule is CN(Cc1ccc(Cl)s1)C(=O)COC1CCNCC1. The summed E-state index contributed by atoms with van der Waals surface area (Å²) in [5.41, 5.74) is 0. The molecule has 2 heterocycles. The lowest BCUT2D eigenvalue weighted by Gasteiger charge is -2.24. The molecule has 1 saturated heterocycles. The van der Waals surface area contributed by atoms with Gasteiger partial charge in [0.1, 0.15) is 6.61 Å². The van der Waals surface area contributed by atoms with Crippen molar-refractivity contribution in [3.8, 4) is 0 Å². The summed E-state index contributed by atoms with van der Waals surface area (Å²) in [7, 11) is 1.79. The number of halogens is 1. The molecule has 0 unspecified atom stereocenters. The monoisotopic (exact) mass is 302 g/mol. The van der Waals surface area contributed by atoms with Crippen LogP contribution in [0.2, 0.25) is 4.34 Å². The molecule has 0 aromatic carbocycles. The van der Waals surface area contributed by atoms with Crippen molar-refractivity contribution < 1.29 is 9.53 Å². The Labute approximate surface area is 122 Å². The largest absolute Gasteiger partial charge is 0.368 e. The van der Waals surface area contributed by atoms with E-state index in [4.69, 9.17) is 16.3 Å². The number of nitrogens with zero attached hydrogens (tertiary/aromatic N) is 1. The Morgan fingerprint density at radius 2 is 2.26 bits per heavy atom. The molecule has 1 N–H and O–H groups in total. The first kappa shape index (κ1) is 14.8. The van der Waals surface area contributed by atoms with Gasteiger partial charge in [-0.25, -0.2) is 0 Å². The van der Waals surface area contributed by atoms with Gasteiger partial charge in [0.15, 0.2) is 0 Å². The predicted molar refractivity (Wildman–Crippen MR) is 77.6 cm³/mol. The van der Waals surface area contributed by atoms with Crippen molar-refractivity contribution in [1.82, 2.24) is 10.2 Å². The number of amides is 1. The molecule has 0 radical (unpaired) electrons. The zero-order chi connectivity index (χ0) is 13.7. The Balaban J connectivity index is 1.72. The first-order valence-electron chi connectivity index (χ1n) is 6.45. The van der Waals surface area contributed by atoms with Crippen molar-refractivity contribution in [2.75, 3.05) is 26.7 Å². The minimum Gasteiger partial charge on any atom is -0.368 e. The molecule has 0 saturated carbocycles. The van der Waals surface area contributed by atoms with E-state index in [-0.39, 0.29) is 18.6 Å². The van der Waals surface area contributed by atoms with E-state index in [1.807, 2.05) is 12.1 Å². The quantitative estimate of drug-likeness (QED) is 0.906. The predicted octanol–water partition coefficient (Wildman–Crippen LogP) is 2.13. The van der Waals surface area contributed by atoms with E-state index in [1.54, 1.807) is 11.9 Å². The summed E-state index contributed by atoms with van der Waals surface area (Å²) in [5.74, 6) is 0.0167. The first-order chi connectivity index (χ1) is 9.15. The van der Waals surface area contributed by atoms with Crippen molar-refractivity contribution in [3.63, 3.8) is 0 Å². The summed E-state index contributed by atoms with van der Waals surface area (Å²) >= 11 is 7.37. The molecule has 0 aliphatic carbocycles. The minimum absolute atomic E-state index is 0.0167. The van der Waals surface area contributed by atoms with Crippen LogP contribution in [0.3, 0.4) is 0 Å². The van der Waals surface area contributed by atoms with E-state index >= 15 is 0 Å². The Morgan fingerprint density at radius 3 is 2.89 bits per heavy atom. The van der Waals surface area contributed by atoms with Gasteiger partial charge >= 0.3 is 0 Å². The van der Waals surface area contributed by atoms with Gasteiger partial charge in [0.2, 0.25) is 5.91 Å². The van der Waals surface area contributed by atoms with E-state index in [0.717, 1.165) is 35.1 Å². The van der Waals surface area contributed by atoms with Crippen molar-refractivity contribution in [1.29, 1.82) is 0 Å². The molecule has 1 fully saturated rings. The fourth-order valence-corrected chi connectivity index (χ4v) is 3.16. The van der Waals surface area contributed by atoms with Crippen LogP contribution in [0.25, 0.3) is 0 Å². The average molecular weight is 303 g/mol. The average Bonchev–Trinajstić information content (AvgIpc) is 2.82. The van der Waals surface area contributed by atoms with Gasteiger partial charge in [-0.05, 0) is 38.1 Å². The molecule has 106 valence electrons. The van der Waals surface area contributed by atoms with Gasteiger partial charge in [-0.2, -0.15) is 0 Å². The van der Waals surface area contributed by atoms with Gasteiger partial charge in [-0.3, -0.25) is 4.79 Å². The number of piperidine rings is 1. The van der Waals surface area contributed by atoms with Crippen LogP contribution in [0, 0.1) is 0 Å². The van der Waals surface area contributed by atoms with Crippen molar-refractivity contribution in [3.05, 3.63) is 21.3 Å². The number of carbonyl (C=O) groups excluding carboxylic acids is 1. The molecule has 4 nitrogen and oxygen atoms in total. The third kappa shape index (κ3) is 4.76. The molecular weight excluding hydrogens is 284 g/mol. The number of carbonyl (C=O) groups is 1. The summed E-state index contributed by atoms with van der Waals surface area (Å²) < 4.78 is 6.41. The summed E-state index contributed by atoms with van der Waals surface area (Å²) in [4.78, 5) is 14.7. The van der Waals surface area contributed by atoms with Crippen LogP contribution in [0.1, 0.15) is 17.7 Å². The molecule has 19 heavy (non-hydrogen) atoms. The highest BCUT2D eigenvalue weighted by Crippen LogP contribution is 2.22. The minimum atomic E-state index is 0.0167. The van der Waals surface area contributed by atoms with E-state index in [0.29, 0.717) is 6.54 Å². The number of hydrogen-bond donors (Lipinski definition) is 1. The van der Waals surface area contributed by atoms with Gasteiger partial charge in [0.25, 0.3) is 0 Å². The molecule has 1 aliphatic rings. The Hall–Kier alpha value is -0.620. The maximum absolute atomic E-state index is 12.0. The topological polar surface area (TPSA) is 41.6 Å². The summed E-state index contributed by atoms with van der Waals surface area (Å²) in [5, 5.41) is 3.27. The van der Waals surface area contributed by atoms with E-state index in [2.05, 4.69) is 5.32 Å². The molecular formula is C13H19ClN2O2S. The van der Waals surface area contributed by atoms with Crippen LogP contribution in [0.15, 0.2) is 12.1 Å². The molecule has 1 aliphatic heterocycles. The standard InChI is InChI=1S/C13H19ClN2O2S/c1-16(8-11-2-3-12(14)19-11)13(17)9-18-10-4-6-15-7-5-10/h2-3,10,15H,4-9H2,1H3. The van der Waals surface area contributed by atoms with Crippen molar-refractivity contribution >= 4 is 28.8 Å². The third-order valence-electron chi connectivity index (χ3n) is 3.18. The molecule has 6 heteroatoms. The number of rotatable bonds is 5. The van der Waals surface area contributed by atoms with Gasteiger partial charge in [0, 0.05) is 11.9 Å². The van der Waals surface area contributed by atoms with Gasteiger partial charge in [-0.15, -0.1) is 11.3 Å². The molecule has 1 aromatic heterocycles. The fourth-order valence-electron chi connectivity index (χ4n) is 2.02. The molecule has 2 rings (SSSR count). The zero-order valence-electron chi connectivity index (χ0n) is 11.0. The number of hydrogen-bond acceptors (Lipinski definition) is 4. The first-order valence-corrected chi connectivity index (χ1v) is 7.65. The van der Waals surface area contributed by atoms with Crippen LogP contribution in [0.4, 0.5) is 0 Å². The molecule has 0 bridgehead atoms. The van der Waals surface area contributed by atoms with Crippen LogP contribution >= 0.6 is 22.9 Å². The third-order valence-corrected chi connectivity index (χ3v) is 4.39. The number of ether oxygens (including phenoxy) is 1. The van der Waals surface area contributed by atoms with Crippen molar-refractivity contribution in [2.45, 2.75) is 25.5 Å². The molecule has 0 atom stereocenters. The highest BCUT2D eigenvalue weighted by atomic mass is 35.5. The van der Waals surface area contributed by atoms with E-state index < -0.39 is 0 Å². The summed E-state index contributed by atoms with van der Waals surface area (Å²) in [6.07, 6.45) is 2.18. The Kier molecular flexibility index (Phi) is 5.63. The normalized spacial score (nSPS) is 16.5. The van der Waals surface area contributed by atoms with Crippen LogP contribution in [-0.4, -0.2) is 43.7 Å². The Morgan fingerprint density at radius 1 is 1.53 bits per heavy atom. The van der Waals surface area contributed by atoms with Crippen LogP contribution in [0.5, 0.6) is 0 Å². The second-order valence-corrected chi connectivity index (χ2v) is 6.52. The van der Waals surface area contributed by atoms with Gasteiger partial charge < -0.3 is 15.0 Å². The molecule has 1 amide bonds. The fraction of sp³-hybridized carbons (Fsp3) is 0.615. The second kappa shape index (κ2) is 7.24. The number of likely N-dealkylation sites (N-methyl/N-ethyl adjacent to an activating group) is 1. The smallest absolute Gasteiger partial charge is 0.248 e. The maximum atomic E-state index is 12.0. The highest BCUT2D eigenvalue weighted by molar-refractivity contribution is 7.16. The Bertz CT molecular complexity index is 419. The van der Waals surface area contributed by atoms with E-state index in [1.165, 1.54) is 11.3 Å². The summed E-state index contributed by atoms with van der Waals surface area (Å²) in [6.45, 7) is 2.71. The number of nitrogens with one attached hydrogen (secondary N) is 1. The summed E-state index contributed by atoms with van der Waals surface area (Å²) in [6, 6.07) is 3.80. The van der Waals surface area contributed by atoms with Crippen molar-refractivity contribution in [2.24, 2.45) is 0 Å². The lowest BCUT2D eigenvalue weighted by Crippen LogP contribution is -2.36. The lowest BCUT2D eigenvalue weighted by molar-refractivity contribution is -0.137. The molecule has 0 spiro atoms. The second-order valence-electron chi connectivity index (χ2n) is 4.72. The van der Waals surface area contributed by atoms with E-state index in [9.17, 15) is 4.79 Å². The molecule has 1 aromatic rings. The zero-order valence-corrected chi connectivity index (χ0v) is 12.6. The van der Waals surface area contributed by atoms with Gasteiger partial charge in [0.05, 0.1) is 17.0 Å². The maximum Gasteiger partial charge on any atom is 0.248 e. The lowest BCUT2D eigenvalue weighted by atomic mass is 10.1.